The lowest BCUT2D eigenvalue weighted by Gasteiger charge is -2.50. The number of hydrogen-bond acceptors (Lipinski definition) is 18. The van der Waals surface area contributed by atoms with Gasteiger partial charge in [-0.3, -0.25) is 54.3 Å². The van der Waals surface area contributed by atoms with E-state index in [9.17, 15) is 0 Å². The molecule has 0 bridgehead atoms. The first-order chi connectivity index (χ1) is 44.9. The molecule has 1 aliphatic rings. The first kappa shape index (κ1) is 70.4. The molecule has 0 amide bonds. The van der Waals surface area contributed by atoms with Crippen LogP contribution < -0.4 is 0 Å². The fourth-order valence-electron chi connectivity index (χ4n) is 9.52. The monoisotopic (exact) mass is 1330 g/mol. The lowest BCUT2D eigenvalue weighted by atomic mass is 9.84. The van der Waals surface area contributed by atoms with Gasteiger partial charge in [0.2, 0.25) is 0 Å². The maximum absolute atomic E-state index is 16.3. The highest BCUT2D eigenvalue weighted by atomic mass is 31.2. The molecule has 2 unspecified atom stereocenters. The molecule has 1 saturated carbocycles. The zero-order chi connectivity index (χ0) is 64.2. The van der Waals surface area contributed by atoms with Gasteiger partial charge in [-0.05, 0) is 57.3 Å². The number of ether oxygens (including phenoxy) is 2. The largest absolute Gasteiger partial charge is 0.475 e. The summed E-state index contributed by atoms with van der Waals surface area (Å²) in [4.78, 5) is 0. The molecule has 9 rings (SSSR count). The first-order valence-corrected chi connectivity index (χ1v) is 36.6. The Morgan fingerprint density at radius 1 is 0.239 bits per heavy atom. The Kier molecular flexibility index (Phi) is 28.1. The predicted molar refractivity (Wildman–Crippen MR) is 349 cm³/mol. The quantitative estimate of drug-likeness (QED) is 0.0259. The highest BCUT2D eigenvalue weighted by Crippen LogP contribution is 2.63. The minimum Gasteiger partial charge on any atom is -0.373 e. The molecule has 8 aromatic rings. The van der Waals surface area contributed by atoms with Gasteiger partial charge in [-0.2, -0.15) is 0 Å². The topological polar surface area (TPSA) is 197 Å². The van der Waals surface area contributed by atoms with E-state index in [1.807, 2.05) is 62.4 Å². The van der Waals surface area contributed by atoms with Gasteiger partial charge in [0.1, 0.15) is 36.6 Å². The first-order valence-electron chi connectivity index (χ1n) is 30.8. The van der Waals surface area contributed by atoms with Crippen LogP contribution in [0.1, 0.15) is 84.0 Å². The van der Waals surface area contributed by atoms with Gasteiger partial charge >= 0.3 is 31.3 Å². The lowest BCUT2D eigenvalue weighted by Crippen LogP contribution is -2.67. The number of phosphoric ester groups is 4. The molecule has 0 spiro atoms. The summed E-state index contributed by atoms with van der Waals surface area (Å²) in [5, 5.41) is 0. The Bertz CT molecular complexity index is 2900. The fraction of sp³-hybridized carbons (Fsp3) is 0.314. The molecule has 0 aromatic heterocycles. The molecule has 0 saturated heterocycles. The van der Waals surface area contributed by atoms with E-state index in [-0.39, 0.29) is 66.1 Å². The van der Waals surface area contributed by atoms with E-state index in [1.165, 1.54) is 0 Å². The van der Waals surface area contributed by atoms with E-state index in [2.05, 4.69) is 0 Å². The minimum atomic E-state index is -5.03. The summed E-state index contributed by atoms with van der Waals surface area (Å²) in [7, 11) is -20.1. The van der Waals surface area contributed by atoms with Crippen molar-refractivity contribution in [1.82, 2.24) is 0 Å². The summed E-state index contributed by atoms with van der Waals surface area (Å²) in [5.74, 6) is 0. The second-order valence-electron chi connectivity index (χ2n) is 21.5. The van der Waals surface area contributed by atoms with Gasteiger partial charge in [-0.15, -0.1) is 0 Å². The molecule has 0 aliphatic heterocycles. The average molecular weight is 1330 g/mol. The van der Waals surface area contributed by atoms with Crippen LogP contribution in [0.4, 0.5) is 0 Å². The van der Waals surface area contributed by atoms with Crippen molar-refractivity contribution in [3.05, 3.63) is 287 Å². The Hall–Kier alpha value is -5.88. The number of benzene rings is 8. The highest BCUT2D eigenvalue weighted by Gasteiger charge is 2.62. The summed E-state index contributed by atoms with van der Waals surface area (Å²) in [6.45, 7) is 1.32. The maximum atomic E-state index is 16.3. The maximum Gasteiger partial charge on any atom is 0.475 e. The molecule has 1 aliphatic carbocycles. The average Bonchev–Trinajstić information content (AvgIpc) is 0.892. The molecule has 92 heavy (non-hydrogen) atoms. The van der Waals surface area contributed by atoms with Crippen LogP contribution in [0.2, 0.25) is 0 Å². The van der Waals surface area contributed by atoms with Gasteiger partial charge in [0.25, 0.3) is 0 Å². The Morgan fingerprint density at radius 3 is 0.533 bits per heavy atom. The van der Waals surface area contributed by atoms with Crippen molar-refractivity contribution in [3.8, 4) is 0 Å². The Labute approximate surface area is 540 Å². The molecular formula is C70H80O18P4. The van der Waals surface area contributed by atoms with E-state index in [0.717, 1.165) is 0 Å². The zero-order valence-corrected chi connectivity index (χ0v) is 55.2. The van der Waals surface area contributed by atoms with Crippen molar-refractivity contribution >= 4 is 31.3 Å². The van der Waals surface area contributed by atoms with Crippen LogP contribution in [0.25, 0.3) is 0 Å². The fourth-order valence-corrected chi connectivity index (χ4v) is 14.9. The highest BCUT2D eigenvalue weighted by molar-refractivity contribution is 7.49. The third-order valence-corrected chi connectivity index (χ3v) is 20.0. The molecule has 488 valence electrons. The van der Waals surface area contributed by atoms with Gasteiger partial charge < -0.3 is 9.47 Å². The van der Waals surface area contributed by atoms with E-state index in [0.29, 0.717) is 70.2 Å². The second-order valence-corrected chi connectivity index (χ2v) is 28.0. The van der Waals surface area contributed by atoms with Gasteiger partial charge in [0.05, 0.1) is 52.9 Å². The van der Waals surface area contributed by atoms with Gasteiger partial charge in [0.15, 0.2) is 0 Å². The summed E-state index contributed by atoms with van der Waals surface area (Å²) in [5.41, 5.74) is 4.81. The van der Waals surface area contributed by atoms with Crippen LogP contribution in [0.15, 0.2) is 243 Å². The molecule has 0 N–H and O–H groups in total. The van der Waals surface area contributed by atoms with Crippen LogP contribution in [0.3, 0.4) is 0 Å². The van der Waals surface area contributed by atoms with Crippen molar-refractivity contribution in [2.75, 3.05) is 13.2 Å². The number of rotatable bonds is 40. The predicted octanol–water partition coefficient (Wildman–Crippen LogP) is 18.1. The van der Waals surface area contributed by atoms with Crippen LogP contribution >= 0.6 is 31.3 Å². The van der Waals surface area contributed by atoms with Crippen molar-refractivity contribution < 1.29 is 82.0 Å². The van der Waals surface area contributed by atoms with Crippen LogP contribution in [-0.2, 0) is 135 Å². The van der Waals surface area contributed by atoms with Gasteiger partial charge in [-0.25, -0.2) is 18.3 Å². The van der Waals surface area contributed by atoms with E-state index in [1.54, 1.807) is 194 Å². The number of hydrogen-bond donors (Lipinski definition) is 0. The number of unbranched alkanes of at least 4 members (excludes halogenated alkanes) is 2. The second kappa shape index (κ2) is 36.7. The summed E-state index contributed by atoms with van der Waals surface area (Å²) in [6, 6.07) is 71.8. The lowest BCUT2D eigenvalue weighted by molar-refractivity contribution is -0.236. The van der Waals surface area contributed by atoms with Crippen LogP contribution in [0.5, 0.6) is 0 Å². The van der Waals surface area contributed by atoms with Crippen molar-refractivity contribution in [3.63, 3.8) is 0 Å². The van der Waals surface area contributed by atoms with Crippen molar-refractivity contribution in [1.29, 1.82) is 0 Å². The third kappa shape index (κ3) is 22.7. The van der Waals surface area contributed by atoms with E-state index < -0.39 is 67.9 Å². The van der Waals surface area contributed by atoms with Gasteiger partial charge in [0, 0.05) is 13.2 Å². The molecule has 18 nitrogen and oxygen atoms in total. The van der Waals surface area contributed by atoms with Crippen LogP contribution in [-0.4, -0.2) is 49.8 Å². The number of phosphoric acid groups is 4. The van der Waals surface area contributed by atoms with E-state index in [4.69, 9.17) is 63.8 Å². The normalized spacial score (nSPS) is 18.0. The van der Waals surface area contributed by atoms with Crippen molar-refractivity contribution in [2.45, 2.75) is 129 Å². The molecular weight excluding hydrogens is 1250 g/mol. The standard InChI is InChI=1S/C70H80O18P4/c1-3-5-47-75-65-67(85-89(71,77-49-57-31-15-7-16-32-57)78-50-58-33-17-8-18-34-58)69(87-91(73,81-53-61-39-23-11-24-40-61)82-54-62-41-25-12-26-42-62)66(76-48-6-4-2)70(88-92(74,83-55-63-43-27-13-28-44-63)84-56-64-45-29-14-30-46-64)68(65)86-90(72,79-51-59-35-19-9-20-36-59)80-52-60-37-21-10-22-38-60/h7-46,65-70H,3-6,47-56H2,1-2H3/t65?,66?,67-,68+,69-,70+. The zero-order valence-electron chi connectivity index (χ0n) is 51.6. The van der Waals surface area contributed by atoms with E-state index >= 15 is 18.3 Å². The van der Waals surface area contributed by atoms with Gasteiger partial charge in [-0.1, -0.05) is 269 Å². The molecule has 1 fully saturated rings. The smallest absolute Gasteiger partial charge is 0.373 e. The molecule has 0 radical (unpaired) electrons. The summed E-state index contributed by atoms with van der Waals surface area (Å²) < 4.78 is 158. The molecule has 8 aromatic carbocycles. The SMILES string of the molecule is CCCCOC1[C@@H](OP(=O)(OCc2ccccc2)OCc2ccccc2)[C@H](OP(=O)(OCc2ccccc2)OCc2ccccc2)C(OCCCC)[C@H](OP(=O)(OCc2ccccc2)OCc2ccccc2)[C@H]1OP(=O)(OCc1ccccc1)OCc1ccccc1. The minimum absolute atomic E-state index is 0.0822. The molecule has 6 atom stereocenters. The summed E-state index contributed by atoms with van der Waals surface area (Å²) in [6.07, 6.45) is -9.14. The molecule has 22 heteroatoms. The summed E-state index contributed by atoms with van der Waals surface area (Å²) >= 11 is 0. The van der Waals surface area contributed by atoms with Crippen molar-refractivity contribution in [2.24, 2.45) is 0 Å². The van der Waals surface area contributed by atoms with Crippen LogP contribution in [0, 0.1) is 0 Å². The molecule has 0 heterocycles. The Morgan fingerprint density at radius 2 is 0.391 bits per heavy atom. The Balaban J connectivity index is 1.26. The third-order valence-electron chi connectivity index (χ3n) is 14.4.